The number of nitrogens with two attached hydrogens (primary N) is 1. The van der Waals surface area contributed by atoms with Crippen LogP contribution in [-0.2, 0) is 10.0 Å². The van der Waals surface area contributed by atoms with Gasteiger partial charge in [-0.3, -0.25) is 0 Å². The fourth-order valence-corrected chi connectivity index (χ4v) is 4.04. The Labute approximate surface area is 131 Å². The van der Waals surface area contributed by atoms with Gasteiger partial charge in [0.2, 0.25) is 10.0 Å². The van der Waals surface area contributed by atoms with Crippen LogP contribution in [0, 0.1) is 0 Å². The fraction of sp³-hybridized carbons (Fsp3) is 0.571. The van der Waals surface area contributed by atoms with E-state index in [9.17, 15) is 8.42 Å². The van der Waals surface area contributed by atoms with Gasteiger partial charge in [0.1, 0.15) is 4.90 Å². The third kappa shape index (κ3) is 5.14. The van der Waals surface area contributed by atoms with Crippen molar-refractivity contribution in [3.63, 3.8) is 0 Å². The number of rotatable bonds is 9. The standard InChI is InChI=1S/C14H23ClN2O3S/c1-2-3-4-5-8-17(9-10-18)21(19,20)14-7-6-12(16)11-13(14)15/h6-7,11,18H,2-5,8-10,16H2,1H3. The number of hydrogen-bond donors (Lipinski definition) is 2. The van der Waals surface area contributed by atoms with E-state index in [1.54, 1.807) is 0 Å². The first-order valence-electron chi connectivity index (χ1n) is 7.09. The molecule has 0 aliphatic carbocycles. The van der Waals surface area contributed by atoms with Gasteiger partial charge in [0.25, 0.3) is 0 Å². The Balaban J connectivity index is 2.93. The van der Waals surface area contributed by atoms with Crippen LogP contribution < -0.4 is 5.73 Å². The lowest BCUT2D eigenvalue weighted by Crippen LogP contribution is -2.34. The first kappa shape index (κ1) is 18.2. The maximum Gasteiger partial charge on any atom is 0.244 e. The molecule has 7 heteroatoms. The molecule has 0 fully saturated rings. The van der Waals surface area contributed by atoms with Crippen LogP contribution in [0.4, 0.5) is 5.69 Å². The van der Waals surface area contributed by atoms with Gasteiger partial charge in [-0.15, -0.1) is 0 Å². The van der Waals surface area contributed by atoms with Crippen molar-refractivity contribution in [2.24, 2.45) is 0 Å². The molecule has 0 unspecified atom stereocenters. The van der Waals surface area contributed by atoms with Crippen molar-refractivity contribution >= 4 is 27.3 Å². The minimum absolute atomic E-state index is 0.0299. The first-order chi connectivity index (χ1) is 9.93. The maximum atomic E-state index is 12.6. The molecular weight excluding hydrogens is 312 g/mol. The van der Waals surface area contributed by atoms with Crippen molar-refractivity contribution < 1.29 is 13.5 Å². The van der Waals surface area contributed by atoms with Crippen LogP contribution in [0.25, 0.3) is 0 Å². The van der Waals surface area contributed by atoms with Gasteiger partial charge in [-0.1, -0.05) is 37.8 Å². The Hall–Kier alpha value is -0.820. The highest BCUT2D eigenvalue weighted by atomic mass is 35.5. The summed E-state index contributed by atoms with van der Waals surface area (Å²) in [4.78, 5) is 0.0299. The smallest absolute Gasteiger partial charge is 0.244 e. The van der Waals surface area contributed by atoms with E-state index < -0.39 is 10.0 Å². The third-order valence-corrected chi connectivity index (χ3v) is 5.57. The molecule has 0 aliphatic rings. The Bertz CT molecular complexity index is 549. The Kier molecular flexibility index (Phi) is 7.45. The quantitative estimate of drug-likeness (QED) is 0.537. The fourth-order valence-electron chi connectivity index (χ4n) is 2.04. The number of halogens is 1. The second-order valence-corrected chi connectivity index (χ2v) is 7.19. The number of sulfonamides is 1. The van der Waals surface area contributed by atoms with Crippen molar-refractivity contribution in [3.8, 4) is 0 Å². The molecule has 3 N–H and O–H groups in total. The highest BCUT2D eigenvalue weighted by Crippen LogP contribution is 2.26. The lowest BCUT2D eigenvalue weighted by molar-refractivity contribution is 0.251. The number of nitrogens with zero attached hydrogens (tertiary/aromatic N) is 1. The molecule has 0 saturated heterocycles. The van der Waals surface area contributed by atoms with Crippen LogP contribution in [0.1, 0.15) is 32.6 Å². The SMILES string of the molecule is CCCCCCN(CCO)S(=O)(=O)c1ccc(N)cc1Cl. The van der Waals surface area contributed by atoms with Crippen molar-refractivity contribution in [2.75, 3.05) is 25.4 Å². The van der Waals surface area contributed by atoms with Crippen molar-refractivity contribution in [2.45, 2.75) is 37.5 Å². The Morgan fingerprint density at radius 1 is 1.24 bits per heavy atom. The minimum Gasteiger partial charge on any atom is -0.399 e. The molecule has 1 rings (SSSR count). The lowest BCUT2D eigenvalue weighted by atomic mass is 10.2. The highest BCUT2D eigenvalue weighted by Gasteiger charge is 2.26. The van der Waals surface area contributed by atoms with Crippen LogP contribution in [0.5, 0.6) is 0 Å². The summed E-state index contributed by atoms with van der Waals surface area (Å²) in [6.45, 7) is 2.31. The number of aliphatic hydroxyl groups excluding tert-OH is 1. The normalized spacial score (nSPS) is 12.0. The van der Waals surface area contributed by atoms with Crippen molar-refractivity contribution in [1.29, 1.82) is 0 Å². The first-order valence-corrected chi connectivity index (χ1v) is 8.91. The van der Waals surface area contributed by atoms with Crippen LogP contribution in [-0.4, -0.2) is 37.5 Å². The Morgan fingerprint density at radius 2 is 1.95 bits per heavy atom. The summed E-state index contributed by atoms with van der Waals surface area (Å²) >= 11 is 5.99. The van der Waals surface area contributed by atoms with Crippen LogP contribution in [0.2, 0.25) is 5.02 Å². The van der Waals surface area contributed by atoms with E-state index >= 15 is 0 Å². The van der Waals surface area contributed by atoms with Gasteiger partial charge in [0, 0.05) is 18.8 Å². The topological polar surface area (TPSA) is 83.6 Å². The van der Waals surface area contributed by atoms with Crippen molar-refractivity contribution in [3.05, 3.63) is 23.2 Å². The number of unbranched alkanes of at least 4 members (excludes halogenated alkanes) is 3. The second-order valence-electron chi connectivity index (χ2n) is 4.88. The zero-order chi connectivity index (χ0) is 15.9. The number of nitrogen functional groups attached to an aromatic ring is 1. The maximum absolute atomic E-state index is 12.6. The largest absolute Gasteiger partial charge is 0.399 e. The van der Waals surface area contributed by atoms with E-state index in [-0.39, 0.29) is 23.1 Å². The molecule has 0 radical (unpaired) electrons. The summed E-state index contributed by atoms with van der Waals surface area (Å²) in [5, 5.41) is 9.21. The molecule has 0 heterocycles. The summed E-state index contributed by atoms with van der Waals surface area (Å²) in [6.07, 6.45) is 3.87. The van der Waals surface area contributed by atoms with Gasteiger partial charge in [0.05, 0.1) is 11.6 Å². The zero-order valence-electron chi connectivity index (χ0n) is 12.3. The van der Waals surface area contributed by atoms with E-state index in [4.69, 9.17) is 22.4 Å². The summed E-state index contributed by atoms with van der Waals surface area (Å²) in [6, 6.07) is 4.33. The Morgan fingerprint density at radius 3 is 2.52 bits per heavy atom. The molecule has 1 aromatic rings. The molecule has 0 aromatic heterocycles. The summed E-state index contributed by atoms with van der Waals surface area (Å²) in [5.74, 6) is 0. The molecule has 0 bridgehead atoms. The van der Waals surface area contributed by atoms with E-state index in [0.717, 1.165) is 25.7 Å². The van der Waals surface area contributed by atoms with Gasteiger partial charge >= 0.3 is 0 Å². The predicted octanol–water partition coefficient (Wildman–Crippen LogP) is 2.49. The average Bonchev–Trinajstić information content (AvgIpc) is 2.41. The number of hydrogen-bond acceptors (Lipinski definition) is 4. The monoisotopic (exact) mass is 334 g/mol. The summed E-state index contributed by atoms with van der Waals surface area (Å²) in [5.41, 5.74) is 6.00. The van der Waals surface area contributed by atoms with E-state index in [0.29, 0.717) is 12.2 Å². The average molecular weight is 335 g/mol. The molecule has 21 heavy (non-hydrogen) atoms. The summed E-state index contributed by atoms with van der Waals surface area (Å²) < 4.78 is 26.5. The third-order valence-electron chi connectivity index (χ3n) is 3.18. The summed E-state index contributed by atoms with van der Waals surface area (Å²) in [7, 11) is -3.71. The molecular formula is C14H23ClN2O3S. The van der Waals surface area contributed by atoms with Gasteiger partial charge in [0.15, 0.2) is 0 Å². The van der Waals surface area contributed by atoms with Crippen LogP contribution in [0.15, 0.2) is 23.1 Å². The van der Waals surface area contributed by atoms with Crippen LogP contribution >= 0.6 is 11.6 Å². The van der Waals surface area contributed by atoms with E-state index in [1.807, 2.05) is 0 Å². The molecule has 0 atom stereocenters. The van der Waals surface area contributed by atoms with Gasteiger partial charge in [-0.05, 0) is 24.6 Å². The lowest BCUT2D eigenvalue weighted by Gasteiger charge is -2.22. The highest BCUT2D eigenvalue weighted by molar-refractivity contribution is 7.89. The number of aliphatic hydroxyl groups is 1. The molecule has 0 amide bonds. The van der Waals surface area contributed by atoms with Gasteiger partial charge in [-0.2, -0.15) is 4.31 Å². The molecule has 5 nitrogen and oxygen atoms in total. The number of benzene rings is 1. The predicted molar refractivity (Wildman–Crippen MR) is 85.9 cm³/mol. The molecule has 0 aliphatic heterocycles. The van der Waals surface area contributed by atoms with Gasteiger partial charge in [-0.25, -0.2) is 8.42 Å². The molecule has 0 saturated carbocycles. The molecule has 120 valence electrons. The van der Waals surface area contributed by atoms with E-state index in [1.165, 1.54) is 22.5 Å². The van der Waals surface area contributed by atoms with Crippen molar-refractivity contribution in [1.82, 2.24) is 4.31 Å². The molecule has 1 aromatic carbocycles. The zero-order valence-corrected chi connectivity index (χ0v) is 13.8. The van der Waals surface area contributed by atoms with E-state index in [2.05, 4.69) is 6.92 Å². The van der Waals surface area contributed by atoms with Gasteiger partial charge < -0.3 is 10.8 Å². The second kappa shape index (κ2) is 8.58. The molecule has 0 spiro atoms. The minimum atomic E-state index is -3.71. The van der Waals surface area contributed by atoms with Crippen LogP contribution in [0.3, 0.4) is 0 Å². The number of anilines is 1.